The highest BCUT2D eigenvalue weighted by Crippen LogP contribution is 2.38. The summed E-state index contributed by atoms with van der Waals surface area (Å²) >= 11 is 5.85. The Labute approximate surface area is 185 Å². The molecule has 0 aliphatic rings. The molecule has 0 spiro atoms. The average Bonchev–Trinajstić information content (AvgIpc) is 2.76. The van der Waals surface area contributed by atoms with Crippen LogP contribution in [0, 0.1) is 0 Å². The van der Waals surface area contributed by atoms with Gasteiger partial charge in [-0.3, -0.25) is 4.79 Å². The van der Waals surface area contributed by atoms with E-state index in [2.05, 4.69) is 5.32 Å². The second-order valence-electron chi connectivity index (χ2n) is 6.98. The molecule has 32 heavy (non-hydrogen) atoms. The minimum absolute atomic E-state index is 0.278. The van der Waals surface area contributed by atoms with Crippen molar-refractivity contribution >= 4 is 50.7 Å². The van der Waals surface area contributed by atoms with E-state index < -0.39 is 35.9 Å². The molecule has 0 aliphatic carbocycles. The predicted octanol–water partition coefficient (Wildman–Crippen LogP) is 6.46. The van der Waals surface area contributed by atoms with Crippen molar-refractivity contribution in [3.63, 3.8) is 0 Å². The van der Waals surface area contributed by atoms with Gasteiger partial charge in [0.1, 0.15) is 0 Å². The minimum Gasteiger partial charge on any atom is -0.452 e. The second kappa shape index (κ2) is 8.51. The Morgan fingerprint density at radius 3 is 2.06 bits per heavy atom. The Kier molecular flexibility index (Phi) is 5.76. The number of amides is 1. The number of fused-ring (bicyclic) bond motifs is 2. The molecule has 0 unspecified atom stereocenters. The van der Waals surface area contributed by atoms with Gasteiger partial charge < -0.3 is 10.1 Å². The number of alkyl halides is 3. The molecule has 1 amide bonds. The maximum atomic E-state index is 13.2. The number of anilines is 1. The minimum atomic E-state index is -4.72. The number of rotatable bonds is 4. The van der Waals surface area contributed by atoms with Crippen LogP contribution < -0.4 is 5.32 Å². The molecule has 0 aromatic heterocycles. The molecular formula is C24H15ClF3NO3. The second-order valence-corrected chi connectivity index (χ2v) is 7.39. The van der Waals surface area contributed by atoms with Crippen LogP contribution in [-0.2, 0) is 15.7 Å². The highest BCUT2D eigenvalue weighted by Gasteiger charge is 2.35. The van der Waals surface area contributed by atoms with Crippen molar-refractivity contribution in [2.24, 2.45) is 0 Å². The van der Waals surface area contributed by atoms with E-state index in [0.29, 0.717) is 10.8 Å². The van der Waals surface area contributed by atoms with E-state index in [1.165, 1.54) is 6.07 Å². The fourth-order valence-corrected chi connectivity index (χ4v) is 3.72. The van der Waals surface area contributed by atoms with Gasteiger partial charge in [-0.1, -0.05) is 66.2 Å². The zero-order chi connectivity index (χ0) is 22.9. The van der Waals surface area contributed by atoms with Crippen LogP contribution in [0.15, 0.2) is 72.8 Å². The lowest BCUT2D eigenvalue weighted by molar-refractivity contribution is -0.137. The van der Waals surface area contributed by atoms with Crippen molar-refractivity contribution < 1.29 is 27.5 Å². The average molecular weight is 458 g/mol. The predicted molar refractivity (Wildman–Crippen MR) is 117 cm³/mol. The molecule has 4 aromatic rings. The Morgan fingerprint density at radius 2 is 1.47 bits per heavy atom. The van der Waals surface area contributed by atoms with Gasteiger partial charge in [-0.2, -0.15) is 13.2 Å². The van der Waals surface area contributed by atoms with Gasteiger partial charge in [-0.25, -0.2) is 4.79 Å². The van der Waals surface area contributed by atoms with Crippen molar-refractivity contribution in [1.82, 2.24) is 0 Å². The first-order chi connectivity index (χ1) is 15.3. The summed E-state index contributed by atoms with van der Waals surface area (Å²) in [6.07, 6.45) is -4.72. The standard InChI is InChI=1S/C24H15ClF3NO3/c25-19-11-5-10-18(24(26,27)28)22(19)29-20(30)13-32-23(31)21-16-8-3-1-6-14(16)12-15-7-2-4-9-17(15)21/h1-12H,13H2,(H,29,30). The van der Waals surface area contributed by atoms with Crippen LogP contribution in [-0.4, -0.2) is 18.5 Å². The van der Waals surface area contributed by atoms with Gasteiger partial charge in [0.2, 0.25) is 0 Å². The van der Waals surface area contributed by atoms with Crippen molar-refractivity contribution in [2.45, 2.75) is 6.18 Å². The summed E-state index contributed by atoms with van der Waals surface area (Å²) in [4.78, 5) is 25.2. The summed E-state index contributed by atoms with van der Waals surface area (Å²) < 4.78 is 44.8. The number of esters is 1. The van der Waals surface area contributed by atoms with Gasteiger partial charge in [0, 0.05) is 0 Å². The summed E-state index contributed by atoms with van der Waals surface area (Å²) in [7, 11) is 0. The van der Waals surface area contributed by atoms with E-state index in [-0.39, 0.29) is 10.6 Å². The topological polar surface area (TPSA) is 55.4 Å². The first kappa shape index (κ1) is 21.6. The summed E-state index contributed by atoms with van der Waals surface area (Å²) in [5, 5.41) is 4.73. The van der Waals surface area contributed by atoms with Gasteiger partial charge in [-0.15, -0.1) is 0 Å². The fraction of sp³-hybridized carbons (Fsp3) is 0.0833. The third-order valence-electron chi connectivity index (χ3n) is 4.89. The van der Waals surface area contributed by atoms with Crippen LogP contribution in [0.5, 0.6) is 0 Å². The van der Waals surface area contributed by atoms with Crippen LogP contribution in [0.1, 0.15) is 15.9 Å². The molecule has 0 fully saturated rings. The van der Waals surface area contributed by atoms with E-state index in [0.717, 1.165) is 22.9 Å². The number of hydrogen-bond acceptors (Lipinski definition) is 3. The van der Waals surface area contributed by atoms with Crippen molar-refractivity contribution in [2.75, 3.05) is 11.9 Å². The molecule has 0 saturated carbocycles. The summed E-state index contributed by atoms with van der Waals surface area (Å²) in [6, 6.07) is 19.5. The highest BCUT2D eigenvalue weighted by molar-refractivity contribution is 6.34. The molecule has 0 atom stereocenters. The Balaban J connectivity index is 1.59. The zero-order valence-electron chi connectivity index (χ0n) is 16.4. The number of carbonyl (C=O) groups excluding carboxylic acids is 2. The largest absolute Gasteiger partial charge is 0.452 e. The Bertz CT molecular complexity index is 1300. The van der Waals surface area contributed by atoms with E-state index >= 15 is 0 Å². The number of carbonyl (C=O) groups is 2. The third-order valence-corrected chi connectivity index (χ3v) is 5.21. The van der Waals surface area contributed by atoms with Crippen molar-refractivity contribution in [3.05, 3.63) is 88.9 Å². The lowest BCUT2D eigenvalue weighted by Crippen LogP contribution is -2.23. The number of hydrogen-bond donors (Lipinski definition) is 1. The van der Waals surface area contributed by atoms with Crippen LogP contribution in [0.3, 0.4) is 0 Å². The zero-order valence-corrected chi connectivity index (χ0v) is 17.1. The van der Waals surface area contributed by atoms with Crippen LogP contribution in [0.4, 0.5) is 18.9 Å². The first-order valence-corrected chi connectivity index (χ1v) is 9.86. The van der Waals surface area contributed by atoms with Crippen LogP contribution >= 0.6 is 11.6 Å². The number of nitrogens with one attached hydrogen (secondary N) is 1. The molecule has 162 valence electrons. The summed E-state index contributed by atoms with van der Waals surface area (Å²) in [5.41, 5.74) is -1.40. The van der Waals surface area contributed by atoms with Gasteiger partial charge in [0.25, 0.3) is 5.91 Å². The molecule has 8 heteroatoms. The number of benzene rings is 4. The summed E-state index contributed by atoms with van der Waals surface area (Å²) in [5.74, 6) is -1.70. The molecule has 0 aliphatic heterocycles. The molecule has 1 N–H and O–H groups in total. The third kappa shape index (κ3) is 4.24. The molecule has 0 bridgehead atoms. The van der Waals surface area contributed by atoms with Crippen LogP contribution in [0.2, 0.25) is 5.02 Å². The summed E-state index contributed by atoms with van der Waals surface area (Å²) in [6.45, 7) is -0.779. The molecular weight excluding hydrogens is 443 g/mol. The quantitative estimate of drug-likeness (QED) is 0.282. The Hall–Kier alpha value is -3.58. The van der Waals surface area contributed by atoms with Gasteiger partial charge >= 0.3 is 12.1 Å². The van der Waals surface area contributed by atoms with Crippen molar-refractivity contribution in [1.29, 1.82) is 0 Å². The Morgan fingerprint density at radius 1 is 0.875 bits per heavy atom. The van der Waals surface area contributed by atoms with Gasteiger partial charge in [0.15, 0.2) is 6.61 Å². The van der Waals surface area contributed by atoms with Crippen molar-refractivity contribution in [3.8, 4) is 0 Å². The maximum Gasteiger partial charge on any atom is 0.418 e. The lowest BCUT2D eigenvalue weighted by Gasteiger charge is -2.15. The van der Waals surface area contributed by atoms with Gasteiger partial charge in [0.05, 0.1) is 21.8 Å². The van der Waals surface area contributed by atoms with E-state index in [4.69, 9.17) is 16.3 Å². The maximum absolute atomic E-state index is 13.2. The smallest absolute Gasteiger partial charge is 0.418 e. The van der Waals surface area contributed by atoms with Gasteiger partial charge in [-0.05, 0) is 39.7 Å². The first-order valence-electron chi connectivity index (χ1n) is 9.49. The van der Waals surface area contributed by atoms with Crippen LogP contribution in [0.25, 0.3) is 21.5 Å². The molecule has 0 saturated heterocycles. The molecule has 0 heterocycles. The molecule has 4 rings (SSSR count). The molecule has 0 radical (unpaired) electrons. The monoisotopic (exact) mass is 457 g/mol. The SMILES string of the molecule is O=C(COC(=O)c1c2ccccc2cc2ccccc12)Nc1c(Cl)cccc1C(F)(F)F. The lowest BCUT2D eigenvalue weighted by atomic mass is 9.97. The number of para-hydroxylation sites is 1. The van der Waals surface area contributed by atoms with E-state index in [1.54, 1.807) is 24.3 Å². The number of ether oxygens (including phenoxy) is 1. The highest BCUT2D eigenvalue weighted by atomic mass is 35.5. The number of halogens is 4. The fourth-order valence-electron chi connectivity index (χ4n) is 3.50. The molecule has 4 nitrogen and oxygen atoms in total. The van der Waals surface area contributed by atoms with E-state index in [1.807, 2.05) is 30.3 Å². The normalized spacial score (nSPS) is 11.5. The molecule has 4 aromatic carbocycles. The van der Waals surface area contributed by atoms with E-state index in [9.17, 15) is 22.8 Å².